The lowest BCUT2D eigenvalue weighted by Gasteiger charge is -2.11. The second-order valence-corrected chi connectivity index (χ2v) is 9.86. The van der Waals surface area contributed by atoms with Gasteiger partial charge in [-0.1, -0.05) is 12.1 Å². The molecule has 10 heteroatoms. The molecule has 1 aliphatic rings. The normalized spacial score (nSPS) is 14.4. The molecule has 0 fully saturated rings. The number of rotatable bonds is 8. The topological polar surface area (TPSA) is 110 Å². The van der Waals surface area contributed by atoms with E-state index in [1.54, 1.807) is 28.3 Å². The largest absolute Gasteiger partial charge is 0.357 e. The monoisotopic (exact) mass is 448 g/mol. The fourth-order valence-corrected chi connectivity index (χ4v) is 4.73. The zero-order valence-electron chi connectivity index (χ0n) is 18.5. The maximum Gasteiger partial charge on any atom is 0.345 e. The van der Waals surface area contributed by atoms with E-state index in [1.807, 2.05) is 13.0 Å². The number of hydrogen-bond acceptors (Lipinski definition) is 5. The van der Waals surface area contributed by atoms with Crippen molar-refractivity contribution in [2.45, 2.75) is 64.1 Å². The first kappa shape index (κ1) is 23.1. The van der Waals surface area contributed by atoms with Crippen LogP contribution < -0.4 is 16.3 Å². The van der Waals surface area contributed by atoms with Crippen LogP contribution in [0, 0.1) is 6.92 Å². The van der Waals surface area contributed by atoms with Gasteiger partial charge in [-0.05, 0) is 50.3 Å². The molecule has 0 saturated carbocycles. The van der Waals surface area contributed by atoms with Crippen LogP contribution in [0.25, 0.3) is 0 Å². The SMILES string of the molecule is CCNC(=NCc1ccc(S(C)(=O)=O)c(C)c1)NCCCn1nc2n(c1=O)CCCC2. The summed E-state index contributed by atoms with van der Waals surface area (Å²) in [5.74, 6) is 1.58. The van der Waals surface area contributed by atoms with Gasteiger partial charge in [0.2, 0.25) is 0 Å². The van der Waals surface area contributed by atoms with Crippen LogP contribution in [0.1, 0.15) is 43.1 Å². The molecule has 1 aromatic carbocycles. The van der Waals surface area contributed by atoms with E-state index in [-0.39, 0.29) is 5.69 Å². The van der Waals surface area contributed by atoms with Gasteiger partial charge >= 0.3 is 5.69 Å². The van der Waals surface area contributed by atoms with Crippen LogP contribution in [0.15, 0.2) is 32.9 Å². The molecule has 0 radical (unpaired) electrons. The van der Waals surface area contributed by atoms with E-state index in [0.29, 0.717) is 30.5 Å². The smallest absolute Gasteiger partial charge is 0.345 e. The molecule has 31 heavy (non-hydrogen) atoms. The Bertz CT molecular complexity index is 1100. The Morgan fingerprint density at radius 2 is 2.06 bits per heavy atom. The second kappa shape index (κ2) is 10.1. The summed E-state index contributed by atoms with van der Waals surface area (Å²) < 4.78 is 26.9. The third kappa shape index (κ3) is 5.96. The number of sulfone groups is 1. The fourth-order valence-electron chi connectivity index (χ4n) is 3.77. The molecule has 0 aliphatic carbocycles. The lowest BCUT2D eigenvalue weighted by molar-refractivity contribution is 0.509. The van der Waals surface area contributed by atoms with Gasteiger partial charge in [0.05, 0.1) is 11.4 Å². The Kier molecular flexibility index (Phi) is 7.53. The average molecular weight is 449 g/mol. The summed E-state index contributed by atoms with van der Waals surface area (Å²) in [5, 5.41) is 11.0. The summed E-state index contributed by atoms with van der Waals surface area (Å²) in [7, 11) is -3.22. The van der Waals surface area contributed by atoms with E-state index in [9.17, 15) is 13.2 Å². The molecule has 2 N–H and O–H groups in total. The number of aryl methyl sites for hydroxylation is 3. The first-order valence-electron chi connectivity index (χ1n) is 10.8. The van der Waals surface area contributed by atoms with E-state index >= 15 is 0 Å². The van der Waals surface area contributed by atoms with Gasteiger partial charge in [0, 0.05) is 38.9 Å². The number of aromatic nitrogens is 3. The highest BCUT2D eigenvalue weighted by atomic mass is 32.2. The molecule has 9 nitrogen and oxygen atoms in total. The first-order chi connectivity index (χ1) is 14.8. The Hall–Kier alpha value is -2.62. The van der Waals surface area contributed by atoms with Crippen LogP contribution >= 0.6 is 0 Å². The van der Waals surface area contributed by atoms with E-state index in [1.165, 1.54) is 6.26 Å². The molecule has 0 spiro atoms. The number of fused-ring (bicyclic) bond motifs is 1. The Morgan fingerprint density at radius 1 is 1.26 bits per heavy atom. The molecule has 0 atom stereocenters. The summed E-state index contributed by atoms with van der Waals surface area (Å²) in [4.78, 5) is 17.3. The minimum absolute atomic E-state index is 0.0109. The molecule has 0 bridgehead atoms. The first-order valence-corrected chi connectivity index (χ1v) is 12.7. The molecule has 170 valence electrons. The van der Waals surface area contributed by atoms with Crippen LogP contribution in [0.2, 0.25) is 0 Å². The molecule has 0 unspecified atom stereocenters. The third-order valence-corrected chi connectivity index (χ3v) is 6.53. The summed E-state index contributed by atoms with van der Waals surface area (Å²) in [6.45, 7) is 6.96. The van der Waals surface area contributed by atoms with Crippen molar-refractivity contribution in [2.24, 2.45) is 4.99 Å². The zero-order valence-corrected chi connectivity index (χ0v) is 19.3. The average Bonchev–Trinajstić information content (AvgIpc) is 3.04. The predicted octanol–water partition coefficient (Wildman–Crippen LogP) is 1.24. The number of nitrogens with zero attached hydrogens (tertiary/aromatic N) is 4. The number of hydrogen-bond donors (Lipinski definition) is 2. The van der Waals surface area contributed by atoms with Gasteiger partial charge in [0.15, 0.2) is 15.8 Å². The second-order valence-electron chi connectivity index (χ2n) is 7.88. The molecule has 1 aliphatic heterocycles. The van der Waals surface area contributed by atoms with Crippen LogP contribution in [0.3, 0.4) is 0 Å². The van der Waals surface area contributed by atoms with Gasteiger partial charge in [-0.3, -0.25) is 4.57 Å². The summed E-state index contributed by atoms with van der Waals surface area (Å²) in [5.41, 5.74) is 1.65. The minimum atomic E-state index is -3.22. The highest BCUT2D eigenvalue weighted by Crippen LogP contribution is 2.17. The van der Waals surface area contributed by atoms with Gasteiger partial charge in [0.25, 0.3) is 0 Å². The summed E-state index contributed by atoms with van der Waals surface area (Å²) in [6.07, 6.45) is 4.98. The van der Waals surface area contributed by atoms with Crippen LogP contribution in [0.4, 0.5) is 0 Å². The number of benzene rings is 1. The van der Waals surface area contributed by atoms with E-state index in [4.69, 9.17) is 0 Å². The summed E-state index contributed by atoms with van der Waals surface area (Å²) in [6, 6.07) is 5.29. The number of nitrogens with one attached hydrogen (secondary N) is 2. The molecular formula is C21H32N6O3S. The van der Waals surface area contributed by atoms with E-state index in [2.05, 4.69) is 20.7 Å². The van der Waals surface area contributed by atoms with Crippen molar-refractivity contribution in [3.63, 3.8) is 0 Å². The van der Waals surface area contributed by atoms with Gasteiger partial charge in [0.1, 0.15) is 5.82 Å². The highest BCUT2D eigenvalue weighted by Gasteiger charge is 2.16. The zero-order chi connectivity index (χ0) is 22.4. The van der Waals surface area contributed by atoms with Gasteiger partial charge in [-0.15, -0.1) is 0 Å². The van der Waals surface area contributed by atoms with Crippen molar-refractivity contribution >= 4 is 15.8 Å². The van der Waals surface area contributed by atoms with Crippen LogP contribution in [-0.4, -0.2) is 48.1 Å². The molecular weight excluding hydrogens is 416 g/mol. The highest BCUT2D eigenvalue weighted by molar-refractivity contribution is 7.90. The quantitative estimate of drug-likeness (QED) is 0.357. The van der Waals surface area contributed by atoms with Crippen LogP contribution in [0.5, 0.6) is 0 Å². The molecule has 0 saturated heterocycles. The Morgan fingerprint density at radius 3 is 2.74 bits per heavy atom. The van der Waals surface area contributed by atoms with Crippen molar-refractivity contribution in [3.05, 3.63) is 45.6 Å². The third-order valence-electron chi connectivity index (χ3n) is 5.27. The van der Waals surface area contributed by atoms with Crippen molar-refractivity contribution in [1.82, 2.24) is 25.0 Å². The van der Waals surface area contributed by atoms with Gasteiger partial charge in [-0.25, -0.2) is 22.9 Å². The predicted molar refractivity (Wildman–Crippen MR) is 121 cm³/mol. The molecule has 1 aromatic heterocycles. The fraction of sp³-hybridized carbons (Fsp3) is 0.571. The number of guanidine groups is 1. The van der Waals surface area contributed by atoms with Crippen molar-refractivity contribution in [1.29, 1.82) is 0 Å². The van der Waals surface area contributed by atoms with Crippen molar-refractivity contribution in [3.8, 4) is 0 Å². The van der Waals surface area contributed by atoms with E-state index < -0.39 is 9.84 Å². The van der Waals surface area contributed by atoms with Gasteiger partial charge in [-0.2, -0.15) is 5.10 Å². The maximum absolute atomic E-state index is 12.4. The summed E-state index contributed by atoms with van der Waals surface area (Å²) >= 11 is 0. The molecule has 0 amide bonds. The lowest BCUT2D eigenvalue weighted by Crippen LogP contribution is -2.38. The minimum Gasteiger partial charge on any atom is -0.357 e. The van der Waals surface area contributed by atoms with E-state index in [0.717, 1.165) is 55.7 Å². The number of aliphatic imine (C=N–C) groups is 1. The Balaban J connectivity index is 1.55. The van der Waals surface area contributed by atoms with Gasteiger partial charge < -0.3 is 10.6 Å². The lowest BCUT2D eigenvalue weighted by atomic mass is 10.1. The Labute approximate surface area is 183 Å². The molecule has 2 heterocycles. The maximum atomic E-state index is 12.4. The van der Waals surface area contributed by atoms with Crippen molar-refractivity contribution < 1.29 is 8.42 Å². The molecule has 2 aromatic rings. The van der Waals surface area contributed by atoms with Crippen LogP contribution in [-0.2, 0) is 35.9 Å². The standard InChI is InChI=1S/C21H32N6O3S/c1-4-22-20(24-15-17-9-10-18(16(2)14-17)31(3,29)30)23-11-7-13-27-21(28)26-12-6-5-8-19(26)25-27/h9-10,14H,4-8,11-13,15H2,1-3H3,(H2,22,23,24). The molecule has 3 rings (SSSR count). The van der Waals surface area contributed by atoms with Crippen molar-refractivity contribution in [2.75, 3.05) is 19.3 Å².